The van der Waals surface area contributed by atoms with Gasteiger partial charge in [-0.15, -0.1) is 0 Å². The lowest BCUT2D eigenvalue weighted by Gasteiger charge is -2.30. The quantitative estimate of drug-likeness (QED) is 0.339. The van der Waals surface area contributed by atoms with E-state index in [9.17, 15) is 9.90 Å². The van der Waals surface area contributed by atoms with Gasteiger partial charge in [-0.3, -0.25) is 4.79 Å². The summed E-state index contributed by atoms with van der Waals surface area (Å²) in [6.45, 7) is 7.07. The SMILES string of the molecule is COc1ccc(F)c(-c2ccc(COc3ccc4c(c3)[C@@]3(CC4)[C@H](C)[C@H]3C(=O)O)cc2[C@@H]2CCCC2(C)C)c1. The molecule has 0 aromatic heterocycles. The highest BCUT2D eigenvalue weighted by molar-refractivity contribution is 5.79. The second-order valence-electron chi connectivity index (χ2n) is 12.5. The summed E-state index contributed by atoms with van der Waals surface area (Å²) in [6.07, 6.45) is 5.20. The summed E-state index contributed by atoms with van der Waals surface area (Å²) < 4.78 is 26.8. The maximum absolute atomic E-state index is 15.1. The van der Waals surface area contributed by atoms with Crippen molar-refractivity contribution in [2.45, 2.75) is 70.8 Å². The van der Waals surface area contributed by atoms with Crippen LogP contribution in [-0.2, 0) is 23.2 Å². The molecule has 1 spiro atoms. The highest BCUT2D eigenvalue weighted by atomic mass is 19.1. The summed E-state index contributed by atoms with van der Waals surface area (Å²) in [5, 5.41) is 9.74. The van der Waals surface area contributed by atoms with E-state index in [1.165, 1.54) is 11.6 Å². The van der Waals surface area contributed by atoms with Gasteiger partial charge in [0.1, 0.15) is 23.9 Å². The summed E-state index contributed by atoms with van der Waals surface area (Å²) in [6, 6.07) is 17.3. The Labute approximate surface area is 230 Å². The Bertz CT molecular complexity index is 1440. The third kappa shape index (κ3) is 4.21. The smallest absolute Gasteiger partial charge is 0.307 e. The van der Waals surface area contributed by atoms with Gasteiger partial charge in [-0.1, -0.05) is 51.5 Å². The van der Waals surface area contributed by atoms with E-state index < -0.39 is 5.97 Å². The zero-order chi connectivity index (χ0) is 27.5. The van der Waals surface area contributed by atoms with Crippen LogP contribution in [0, 0.1) is 23.1 Å². The summed E-state index contributed by atoms with van der Waals surface area (Å²) >= 11 is 0. The number of carboxylic acid groups (broad SMARTS) is 1. The summed E-state index contributed by atoms with van der Waals surface area (Å²) in [7, 11) is 1.60. The molecule has 39 heavy (non-hydrogen) atoms. The fourth-order valence-electron chi connectivity index (χ4n) is 7.78. The minimum absolute atomic E-state index is 0.125. The minimum atomic E-state index is -0.698. The van der Waals surface area contributed by atoms with E-state index in [1.807, 2.05) is 18.2 Å². The van der Waals surface area contributed by atoms with Crippen molar-refractivity contribution in [1.82, 2.24) is 0 Å². The van der Waals surface area contributed by atoms with Gasteiger partial charge in [0.05, 0.1) is 13.0 Å². The van der Waals surface area contributed by atoms with Crippen LogP contribution in [0.15, 0.2) is 54.6 Å². The van der Waals surface area contributed by atoms with Crippen LogP contribution in [0.5, 0.6) is 11.5 Å². The lowest BCUT2D eigenvalue weighted by molar-refractivity contribution is -0.139. The van der Waals surface area contributed by atoms with Crippen molar-refractivity contribution in [2.75, 3.05) is 7.11 Å². The van der Waals surface area contributed by atoms with Crippen LogP contribution < -0.4 is 9.47 Å². The molecule has 0 saturated heterocycles. The van der Waals surface area contributed by atoms with E-state index in [0.717, 1.165) is 60.1 Å². The third-order valence-electron chi connectivity index (χ3n) is 10.0. The Hall–Kier alpha value is -3.34. The predicted octanol–water partition coefficient (Wildman–Crippen LogP) is 7.91. The Morgan fingerprint density at radius 3 is 2.51 bits per heavy atom. The van der Waals surface area contributed by atoms with E-state index >= 15 is 4.39 Å². The number of ether oxygens (including phenoxy) is 2. The first-order valence-electron chi connectivity index (χ1n) is 14.1. The molecule has 2 saturated carbocycles. The Morgan fingerprint density at radius 2 is 1.82 bits per heavy atom. The van der Waals surface area contributed by atoms with E-state index in [4.69, 9.17) is 9.47 Å². The molecule has 204 valence electrons. The van der Waals surface area contributed by atoms with Crippen LogP contribution >= 0.6 is 0 Å². The number of rotatable bonds is 7. The first-order chi connectivity index (χ1) is 18.7. The predicted molar refractivity (Wildman–Crippen MR) is 150 cm³/mol. The molecule has 0 heterocycles. The molecule has 0 aliphatic heterocycles. The number of halogens is 1. The highest BCUT2D eigenvalue weighted by Gasteiger charge is 2.68. The highest BCUT2D eigenvalue weighted by Crippen LogP contribution is 2.66. The maximum Gasteiger partial charge on any atom is 0.307 e. The van der Waals surface area contributed by atoms with Gasteiger partial charge in [0.2, 0.25) is 0 Å². The molecule has 0 unspecified atom stereocenters. The Kier molecular flexibility index (Phi) is 6.24. The van der Waals surface area contributed by atoms with Crippen LogP contribution in [-0.4, -0.2) is 18.2 Å². The molecule has 3 aliphatic carbocycles. The van der Waals surface area contributed by atoms with Gasteiger partial charge in [0, 0.05) is 11.0 Å². The van der Waals surface area contributed by atoms with Crippen LogP contribution in [0.4, 0.5) is 4.39 Å². The van der Waals surface area contributed by atoms with Gasteiger partial charge >= 0.3 is 5.97 Å². The fraction of sp³-hybridized carbons (Fsp3) is 0.441. The molecule has 3 aromatic rings. The van der Waals surface area contributed by atoms with Crippen LogP contribution in [0.25, 0.3) is 11.1 Å². The van der Waals surface area contributed by atoms with Crippen molar-refractivity contribution in [3.05, 3.63) is 82.7 Å². The molecule has 1 N–H and O–H groups in total. The van der Waals surface area contributed by atoms with Gasteiger partial charge in [0.25, 0.3) is 0 Å². The van der Waals surface area contributed by atoms with Crippen molar-refractivity contribution in [3.63, 3.8) is 0 Å². The molecule has 2 fully saturated rings. The average molecular weight is 529 g/mol. The molecule has 4 nitrogen and oxygen atoms in total. The number of hydrogen-bond acceptors (Lipinski definition) is 3. The van der Waals surface area contributed by atoms with Crippen molar-refractivity contribution in [3.8, 4) is 22.6 Å². The molecule has 5 heteroatoms. The van der Waals surface area contributed by atoms with Crippen molar-refractivity contribution in [2.24, 2.45) is 17.3 Å². The Morgan fingerprint density at radius 1 is 1.03 bits per heavy atom. The number of aryl methyl sites for hydroxylation is 1. The average Bonchev–Trinajstić information content (AvgIpc) is 3.15. The van der Waals surface area contributed by atoms with Crippen LogP contribution in [0.1, 0.15) is 74.6 Å². The standard InChI is InChI=1S/C34H37FO4/c1-20-31(32(36)37)34(20)15-13-22-8-9-24(18-29(22)34)39-19-21-7-11-25(27-17-23(38-4)10-12-30(27)35)26(16-21)28-6-5-14-33(28,2)3/h7-12,16-18,20,28,31H,5-6,13-15,19H2,1-4H3,(H,36,37)/t20-,28+,31+,34-/m1/s1. The maximum atomic E-state index is 15.1. The second-order valence-corrected chi connectivity index (χ2v) is 12.5. The number of methoxy groups -OCH3 is 1. The first kappa shape index (κ1) is 25.9. The molecule has 6 rings (SSSR count). The number of hydrogen-bond donors (Lipinski definition) is 1. The normalized spacial score (nSPS) is 26.4. The monoisotopic (exact) mass is 528 g/mol. The first-order valence-corrected chi connectivity index (χ1v) is 14.1. The number of benzene rings is 3. The lowest BCUT2D eigenvalue weighted by atomic mass is 9.75. The van der Waals surface area contributed by atoms with Gasteiger partial charge in [-0.25, -0.2) is 4.39 Å². The number of aliphatic carboxylic acids is 1. The van der Waals surface area contributed by atoms with Gasteiger partial charge in [-0.05, 0) is 101 Å². The fourth-order valence-corrected chi connectivity index (χ4v) is 7.78. The Balaban J connectivity index is 1.31. The van der Waals surface area contributed by atoms with Crippen molar-refractivity contribution >= 4 is 5.97 Å². The number of fused-ring (bicyclic) bond motifs is 2. The molecule has 0 amide bonds. The minimum Gasteiger partial charge on any atom is -0.497 e. The molecule has 0 bridgehead atoms. The number of carbonyl (C=O) groups is 1. The van der Waals surface area contributed by atoms with Crippen LogP contribution in [0.3, 0.4) is 0 Å². The topological polar surface area (TPSA) is 55.8 Å². The third-order valence-corrected chi connectivity index (χ3v) is 10.0. The summed E-state index contributed by atoms with van der Waals surface area (Å²) in [5.74, 6) is 0.616. The van der Waals surface area contributed by atoms with Gasteiger partial charge < -0.3 is 14.6 Å². The molecule has 3 aromatic carbocycles. The van der Waals surface area contributed by atoms with Gasteiger partial charge in [0.15, 0.2) is 0 Å². The lowest BCUT2D eigenvalue weighted by Crippen LogP contribution is -2.17. The largest absolute Gasteiger partial charge is 0.497 e. The van der Waals surface area contributed by atoms with Crippen LogP contribution in [0.2, 0.25) is 0 Å². The zero-order valence-electron chi connectivity index (χ0n) is 23.2. The van der Waals surface area contributed by atoms with E-state index in [0.29, 0.717) is 23.8 Å². The van der Waals surface area contributed by atoms with Crippen molar-refractivity contribution < 1.29 is 23.8 Å². The van der Waals surface area contributed by atoms with E-state index in [-0.39, 0.29) is 28.5 Å². The second kappa shape index (κ2) is 9.39. The van der Waals surface area contributed by atoms with Gasteiger partial charge in [-0.2, -0.15) is 0 Å². The molecular weight excluding hydrogens is 491 g/mol. The zero-order valence-corrected chi connectivity index (χ0v) is 23.2. The molecule has 0 radical (unpaired) electrons. The molecular formula is C34H37FO4. The molecule has 4 atom stereocenters. The summed E-state index contributed by atoms with van der Waals surface area (Å²) in [5.41, 5.74) is 5.95. The molecule has 3 aliphatic rings. The number of carboxylic acids is 1. The van der Waals surface area contributed by atoms with E-state index in [2.05, 4.69) is 39.0 Å². The summed E-state index contributed by atoms with van der Waals surface area (Å²) in [4.78, 5) is 11.9. The van der Waals surface area contributed by atoms with E-state index in [1.54, 1.807) is 19.2 Å². The van der Waals surface area contributed by atoms with Crippen molar-refractivity contribution in [1.29, 1.82) is 0 Å².